The minimum atomic E-state index is -0.0184. The van der Waals surface area contributed by atoms with Crippen LogP contribution in [-0.2, 0) is 0 Å². The largest absolute Gasteiger partial charge is 0.431 e. The van der Waals surface area contributed by atoms with Gasteiger partial charge in [-0.3, -0.25) is 4.79 Å². The van der Waals surface area contributed by atoms with Crippen molar-refractivity contribution in [1.29, 1.82) is 0 Å². The van der Waals surface area contributed by atoms with Gasteiger partial charge in [0.1, 0.15) is 0 Å². The van der Waals surface area contributed by atoms with E-state index >= 15 is 0 Å². The second-order valence-electron chi connectivity index (χ2n) is 6.85. The highest BCUT2D eigenvalue weighted by atomic mass is 16.4. The van der Waals surface area contributed by atoms with Crippen molar-refractivity contribution in [3.63, 3.8) is 0 Å². The fourth-order valence-corrected chi connectivity index (χ4v) is 3.86. The highest BCUT2D eigenvalue weighted by Gasteiger charge is 2.33. The molecule has 3 heterocycles. The predicted molar refractivity (Wildman–Crippen MR) is 91.7 cm³/mol. The fraction of sp³-hybridized carbons (Fsp3) is 0.474. The normalized spacial score (nSPS) is 23.8. The second kappa shape index (κ2) is 6.40. The van der Waals surface area contributed by atoms with Gasteiger partial charge < -0.3 is 14.6 Å². The van der Waals surface area contributed by atoms with Gasteiger partial charge in [-0.2, -0.15) is 0 Å². The van der Waals surface area contributed by atoms with Crippen molar-refractivity contribution >= 4 is 5.91 Å². The summed E-state index contributed by atoms with van der Waals surface area (Å²) in [6, 6.07) is 9.73. The minimum Gasteiger partial charge on any atom is -0.431 e. The van der Waals surface area contributed by atoms with Crippen LogP contribution in [0, 0.1) is 18.8 Å². The van der Waals surface area contributed by atoms with Crippen LogP contribution in [0.15, 0.2) is 34.7 Å². The number of nitrogens with one attached hydrogen (secondary N) is 1. The van der Waals surface area contributed by atoms with Crippen LogP contribution in [0.4, 0.5) is 0 Å². The summed E-state index contributed by atoms with van der Waals surface area (Å²) in [7, 11) is 0. The summed E-state index contributed by atoms with van der Waals surface area (Å²) in [5, 5.41) is 3.47. The minimum absolute atomic E-state index is 0.0184. The maximum absolute atomic E-state index is 12.9. The number of aromatic nitrogens is 1. The monoisotopic (exact) mass is 325 g/mol. The number of rotatable bonds is 2. The summed E-state index contributed by atoms with van der Waals surface area (Å²) in [4.78, 5) is 19.3. The molecule has 1 aromatic heterocycles. The lowest BCUT2D eigenvalue weighted by Crippen LogP contribution is -2.32. The average molecular weight is 325 g/mol. The summed E-state index contributed by atoms with van der Waals surface area (Å²) < 4.78 is 5.84. The van der Waals surface area contributed by atoms with E-state index in [1.54, 1.807) is 0 Å². The molecule has 4 rings (SSSR count). The molecule has 2 fully saturated rings. The van der Waals surface area contributed by atoms with Crippen LogP contribution in [-0.4, -0.2) is 42.0 Å². The third kappa shape index (κ3) is 2.84. The van der Waals surface area contributed by atoms with E-state index in [2.05, 4.69) is 10.3 Å². The van der Waals surface area contributed by atoms with Gasteiger partial charge in [0.2, 0.25) is 11.7 Å². The Morgan fingerprint density at radius 3 is 2.50 bits per heavy atom. The molecule has 0 spiro atoms. The maximum Gasteiger partial charge on any atom is 0.291 e. The summed E-state index contributed by atoms with van der Waals surface area (Å²) in [6.45, 7) is 5.64. The summed E-state index contributed by atoms with van der Waals surface area (Å²) >= 11 is 0. The van der Waals surface area contributed by atoms with Crippen LogP contribution in [0.25, 0.3) is 11.5 Å². The van der Waals surface area contributed by atoms with E-state index in [1.807, 2.05) is 42.2 Å². The first-order chi connectivity index (χ1) is 11.7. The Labute approximate surface area is 142 Å². The highest BCUT2D eigenvalue weighted by molar-refractivity contribution is 5.92. The molecule has 0 bridgehead atoms. The molecule has 2 aliphatic heterocycles. The van der Waals surface area contributed by atoms with Gasteiger partial charge in [0.25, 0.3) is 5.91 Å². The lowest BCUT2D eigenvalue weighted by molar-refractivity contribution is 0.0726. The zero-order valence-electron chi connectivity index (χ0n) is 14.0. The summed E-state index contributed by atoms with van der Waals surface area (Å²) in [6.07, 6.45) is 2.14. The lowest BCUT2D eigenvalue weighted by Gasteiger charge is -2.19. The molecule has 1 amide bonds. The molecular weight excluding hydrogens is 302 g/mol. The van der Waals surface area contributed by atoms with Crippen molar-refractivity contribution in [2.24, 2.45) is 11.8 Å². The lowest BCUT2D eigenvalue weighted by atomic mass is 9.92. The summed E-state index contributed by atoms with van der Waals surface area (Å²) in [5.41, 5.74) is 1.57. The quantitative estimate of drug-likeness (QED) is 0.922. The molecule has 2 aliphatic rings. The van der Waals surface area contributed by atoms with E-state index in [4.69, 9.17) is 4.42 Å². The van der Waals surface area contributed by atoms with E-state index in [0.717, 1.165) is 44.6 Å². The number of amides is 1. The molecular formula is C19H23N3O2. The smallest absolute Gasteiger partial charge is 0.291 e. The van der Waals surface area contributed by atoms with E-state index in [-0.39, 0.29) is 5.91 Å². The molecule has 2 atom stereocenters. The van der Waals surface area contributed by atoms with Gasteiger partial charge in [-0.25, -0.2) is 4.98 Å². The Kier molecular flexibility index (Phi) is 4.10. The Hall–Kier alpha value is -2.14. The van der Waals surface area contributed by atoms with Gasteiger partial charge in [-0.15, -0.1) is 0 Å². The van der Waals surface area contributed by atoms with Crippen molar-refractivity contribution in [2.45, 2.75) is 19.8 Å². The number of benzene rings is 1. The van der Waals surface area contributed by atoms with Crippen molar-refractivity contribution in [1.82, 2.24) is 15.2 Å². The van der Waals surface area contributed by atoms with Crippen LogP contribution >= 0.6 is 0 Å². The van der Waals surface area contributed by atoms with Crippen LogP contribution in [0.5, 0.6) is 0 Å². The Morgan fingerprint density at radius 2 is 1.83 bits per heavy atom. The first-order valence-corrected chi connectivity index (χ1v) is 8.75. The zero-order valence-corrected chi connectivity index (χ0v) is 14.0. The van der Waals surface area contributed by atoms with Gasteiger partial charge in [0.05, 0.1) is 5.69 Å². The maximum atomic E-state index is 12.9. The van der Waals surface area contributed by atoms with Gasteiger partial charge in [0.15, 0.2) is 0 Å². The highest BCUT2D eigenvalue weighted by Crippen LogP contribution is 2.29. The van der Waals surface area contributed by atoms with Crippen LogP contribution in [0.3, 0.4) is 0 Å². The average Bonchev–Trinajstić information content (AvgIpc) is 3.17. The van der Waals surface area contributed by atoms with Crippen molar-refractivity contribution in [3.05, 3.63) is 41.8 Å². The number of hydrogen-bond acceptors (Lipinski definition) is 4. The Bertz CT molecular complexity index is 711. The second-order valence-corrected chi connectivity index (χ2v) is 6.85. The molecule has 126 valence electrons. The van der Waals surface area contributed by atoms with Crippen LogP contribution in [0.1, 0.15) is 29.1 Å². The topological polar surface area (TPSA) is 58.4 Å². The Balaban J connectivity index is 1.53. The molecule has 1 N–H and O–H groups in total. The third-order valence-electron chi connectivity index (χ3n) is 5.32. The molecule has 5 heteroatoms. The van der Waals surface area contributed by atoms with Crippen LogP contribution < -0.4 is 5.32 Å². The number of carbonyl (C=O) groups is 1. The molecule has 0 radical (unpaired) electrons. The number of hydrogen-bond donors (Lipinski definition) is 1. The van der Waals surface area contributed by atoms with Gasteiger partial charge in [-0.1, -0.05) is 18.2 Å². The van der Waals surface area contributed by atoms with Gasteiger partial charge in [-0.05, 0) is 56.8 Å². The molecule has 1 aromatic carbocycles. The van der Waals surface area contributed by atoms with Crippen molar-refractivity contribution in [3.8, 4) is 11.5 Å². The predicted octanol–water partition coefficient (Wildman–Crippen LogP) is 2.72. The first-order valence-electron chi connectivity index (χ1n) is 8.75. The first kappa shape index (κ1) is 15.4. The van der Waals surface area contributed by atoms with Crippen molar-refractivity contribution in [2.75, 3.05) is 26.2 Å². The number of oxazole rings is 1. The Morgan fingerprint density at radius 1 is 1.17 bits per heavy atom. The van der Waals surface area contributed by atoms with Gasteiger partial charge in [0, 0.05) is 18.7 Å². The molecule has 0 saturated carbocycles. The molecule has 0 unspecified atom stereocenters. The molecule has 0 aliphatic carbocycles. The SMILES string of the molecule is Cc1nc(-c2ccccc2)oc1C(=O)N1CC[C@@H]2CNC[C@@H]2CC1. The zero-order chi connectivity index (χ0) is 16.5. The van der Waals surface area contributed by atoms with Crippen LogP contribution in [0.2, 0.25) is 0 Å². The number of carbonyl (C=O) groups excluding carboxylic acids is 1. The van der Waals surface area contributed by atoms with E-state index in [1.165, 1.54) is 0 Å². The molecule has 5 nitrogen and oxygen atoms in total. The van der Waals surface area contributed by atoms with Crippen molar-refractivity contribution < 1.29 is 9.21 Å². The number of fused-ring (bicyclic) bond motifs is 1. The third-order valence-corrected chi connectivity index (χ3v) is 5.32. The van der Waals surface area contributed by atoms with E-state index in [9.17, 15) is 4.79 Å². The number of nitrogens with zero attached hydrogens (tertiary/aromatic N) is 2. The van der Waals surface area contributed by atoms with E-state index < -0.39 is 0 Å². The molecule has 24 heavy (non-hydrogen) atoms. The number of aryl methyl sites for hydroxylation is 1. The number of likely N-dealkylation sites (tertiary alicyclic amines) is 1. The van der Waals surface area contributed by atoms with Gasteiger partial charge >= 0.3 is 0 Å². The summed E-state index contributed by atoms with van der Waals surface area (Å²) in [5.74, 6) is 2.30. The fourth-order valence-electron chi connectivity index (χ4n) is 3.86. The standard InChI is InChI=1S/C19H23N3O2/c1-13-17(24-18(21-13)14-5-3-2-4-6-14)19(23)22-9-7-15-11-20-12-16(15)8-10-22/h2-6,15-16,20H,7-12H2,1H3/t15-,16+. The molecule has 2 saturated heterocycles. The van der Waals surface area contributed by atoms with E-state index in [0.29, 0.717) is 29.2 Å². The molecule has 2 aromatic rings.